The highest BCUT2D eigenvalue weighted by atomic mass is 16.6. The molecule has 2 saturated heterocycles. The molecule has 2 heterocycles. The average molecular weight is 232 g/mol. The summed E-state index contributed by atoms with van der Waals surface area (Å²) < 4.78 is 15.1. The molecule has 16 heavy (non-hydrogen) atoms. The van der Waals surface area contributed by atoms with E-state index in [-0.39, 0.29) is 0 Å². The fourth-order valence-corrected chi connectivity index (χ4v) is 0.659. The molecule has 0 aromatic rings. The molecule has 0 spiro atoms. The molecule has 94 valence electrons. The molecular formula is C11H20O5. The van der Waals surface area contributed by atoms with Gasteiger partial charge in [-0.15, -0.1) is 0 Å². The molecule has 5 nitrogen and oxygen atoms in total. The standard InChI is InChI=1S/C6H10O3.C3H4O2.C2H6/c1(5-3-8-5)7-2-6-4-9-6;1-2-3(4)5;1-2/h5-6H,1-4H2;2H,1H2,(H,4,5);1-2H3. The van der Waals surface area contributed by atoms with Gasteiger partial charge in [-0.1, -0.05) is 20.4 Å². The Bertz CT molecular complexity index is 185. The van der Waals surface area contributed by atoms with Gasteiger partial charge in [-0.3, -0.25) is 0 Å². The molecular weight excluding hydrogens is 212 g/mol. The van der Waals surface area contributed by atoms with Crippen molar-refractivity contribution >= 4 is 5.97 Å². The van der Waals surface area contributed by atoms with Gasteiger partial charge in [0.2, 0.25) is 0 Å². The third-order valence-electron chi connectivity index (χ3n) is 1.59. The van der Waals surface area contributed by atoms with Gasteiger partial charge in [0.1, 0.15) is 12.2 Å². The number of aliphatic carboxylic acids is 1. The second-order valence-corrected chi connectivity index (χ2v) is 2.99. The van der Waals surface area contributed by atoms with Gasteiger partial charge in [-0.05, 0) is 0 Å². The zero-order valence-electron chi connectivity index (χ0n) is 9.85. The van der Waals surface area contributed by atoms with Gasteiger partial charge in [-0.25, -0.2) is 4.79 Å². The lowest BCUT2D eigenvalue weighted by molar-refractivity contribution is -0.131. The maximum atomic E-state index is 9.25. The molecule has 5 heteroatoms. The molecule has 0 aromatic heterocycles. The SMILES string of the molecule is C(OCC1CO1)C1CO1.C=CC(=O)O.CC. The van der Waals surface area contributed by atoms with Crippen LogP contribution in [-0.2, 0) is 19.0 Å². The zero-order valence-corrected chi connectivity index (χ0v) is 9.85. The van der Waals surface area contributed by atoms with Crippen LogP contribution in [-0.4, -0.2) is 49.7 Å². The van der Waals surface area contributed by atoms with Gasteiger partial charge in [0.05, 0.1) is 26.4 Å². The Labute approximate surface area is 96.0 Å². The molecule has 0 aromatic carbocycles. The van der Waals surface area contributed by atoms with Crippen molar-refractivity contribution in [3.8, 4) is 0 Å². The highest BCUT2D eigenvalue weighted by molar-refractivity contribution is 5.78. The summed E-state index contributed by atoms with van der Waals surface area (Å²) in [5, 5.41) is 7.60. The Morgan fingerprint density at radius 3 is 1.88 bits per heavy atom. The lowest BCUT2D eigenvalue weighted by Gasteiger charge is -1.95. The van der Waals surface area contributed by atoms with Crippen LogP contribution in [0.3, 0.4) is 0 Å². The van der Waals surface area contributed by atoms with E-state index in [1.54, 1.807) is 0 Å². The predicted octanol–water partition coefficient (Wildman–Crippen LogP) is 1.08. The number of carboxylic acids is 1. The number of carboxylic acid groups (broad SMARTS) is 1. The summed E-state index contributed by atoms with van der Waals surface area (Å²) in [6, 6.07) is 0. The van der Waals surface area contributed by atoms with Gasteiger partial charge in [0.15, 0.2) is 0 Å². The monoisotopic (exact) mass is 232 g/mol. The van der Waals surface area contributed by atoms with E-state index in [4.69, 9.17) is 19.3 Å². The first kappa shape index (κ1) is 15.1. The lowest BCUT2D eigenvalue weighted by atomic mass is 10.5. The van der Waals surface area contributed by atoms with Crippen LogP contribution in [0.15, 0.2) is 12.7 Å². The van der Waals surface area contributed by atoms with Crippen molar-refractivity contribution in [2.45, 2.75) is 26.1 Å². The van der Waals surface area contributed by atoms with Crippen molar-refractivity contribution in [2.24, 2.45) is 0 Å². The van der Waals surface area contributed by atoms with Crippen LogP contribution < -0.4 is 0 Å². The average Bonchev–Trinajstić information content (AvgIpc) is 3.16. The van der Waals surface area contributed by atoms with Gasteiger partial charge in [0.25, 0.3) is 0 Å². The van der Waals surface area contributed by atoms with Gasteiger partial charge < -0.3 is 19.3 Å². The second kappa shape index (κ2) is 9.33. The molecule has 2 fully saturated rings. The van der Waals surface area contributed by atoms with Crippen LogP contribution in [0.5, 0.6) is 0 Å². The number of epoxide rings is 2. The maximum Gasteiger partial charge on any atom is 0.327 e. The molecule has 0 aliphatic carbocycles. The van der Waals surface area contributed by atoms with E-state index in [1.807, 2.05) is 13.8 Å². The van der Waals surface area contributed by atoms with Crippen molar-refractivity contribution in [2.75, 3.05) is 26.4 Å². The number of hydrogen-bond donors (Lipinski definition) is 1. The van der Waals surface area contributed by atoms with E-state index >= 15 is 0 Å². The highest BCUT2D eigenvalue weighted by Crippen LogP contribution is 2.12. The van der Waals surface area contributed by atoms with E-state index < -0.39 is 5.97 Å². The van der Waals surface area contributed by atoms with Crippen molar-refractivity contribution in [3.05, 3.63) is 12.7 Å². The molecule has 2 atom stereocenters. The van der Waals surface area contributed by atoms with E-state index in [0.29, 0.717) is 12.2 Å². The number of ether oxygens (including phenoxy) is 3. The first-order valence-electron chi connectivity index (χ1n) is 5.38. The fraction of sp³-hybridized carbons (Fsp3) is 0.727. The number of hydrogen-bond acceptors (Lipinski definition) is 4. The van der Waals surface area contributed by atoms with Gasteiger partial charge in [-0.2, -0.15) is 0 Å². The third-order valence-corrected chi connectivity index (χ3v) is 1.59. The summed E-state index contributed by atoms with van der Waals surface area (Å²) in [7, 11) is 0. The molecule has 2 rings (SSSR count). The van der Waals surface area contributed by atoms with E-state index in [0.717, 1.165) is 32.5 Å². The Balaban J connectivity index is 0.000000280. The molecule has 0 bridgehead atoms. The largest absolute Gasteiger partial charge is 0.478 e. The smallest absolute Gasteiger partial charge is 0.327 e. The summed E-state index contributed by atoms with van der Waals surface area (Å²) in [6.45, 7) is 10.2. The van der Waals surface area contributed by atoms with Crippen molar-refractivity contribution in [1.82, 2.24) is 0 Å². The molecule has 1 N–H and O–H groups in total. The lowest BCUT2D eigenvalue weighted by Crippen LogP contribution is -2.06. The summed E-state index contributed by atoms with van der Waals surface area (Å²) in [5.41, 5.74) is 0. The van der Waals surface area contributed by atoms with Crippen LogP contribution in [0.25, 0.3) is 0 Å². The topological polar surface area (TPSA) is 71.6 Å². The van der Waals surface area contributed by atoms with Crippen molar-refractivity contribution < 1.29 is 24.1 Å². The number of rotatable bonds is 5. The fourth-order valence-electron chi connectivity index (χ4n) is 0.659. The van der Waals surface area contributed by atoms with Crippen LogP contribution in [0.2, 0.25) is 0 Å². The van der Waals surface area contributed by atoms with Crippen LogP contribution in [0.1, 0.15) is 13.8 Å². The summed E-state index contributed by atoms with van der Waals surface area (Å²) in [6.07, 6.45) is 1.62. The maximum absolute atomic E-state index is 9.25. The van der Waals surface area contributed by atoms with Crippen LogP contribution in [0, 0.1) is 0 Å². The van der Waals surface area contributed by atoms with E-state index in [1.165, 1.54) is 0 Å². The summed E-state index contributed by atoms with van der Waals surface area (Å²) in [5.74, 6) is -0.981. The molecule has 0 radical (unpaired) electrons. The Hall–Kier alpha value is -0.910. The molecule has 0 saturated carbocycles. The van der Waals surface area contributed by atoms with Gasteiger partial charge >= 0.3 is 5.97 Å². The highest BCUT2D eigenvalue weighted by Gasteiger charge is 2.26. The first-order chi connectivity index (χ1) is 7.72. The molecule has 0 amide bonds. The van der Waals surface area contributed by atoms with Crippen molar-refractivity contribution in [1.29, 1.82) is 0 Å². The minimum absolute atomic E-state index is 0.392. The Morgan fingerprint density at radius 1 is 1.38 bits per heavy atom. The molecule has 2 unspecified atom stereocenters. The van der Waals surface area contributed by atoms with Crippen molar-refractivity contribution in [3.63, 3.8) is 0 Å². The van der Waals surface area contributed by atoms with E-state index in [2.05, 4.69) is 6.58 Å². The Kier molecular flexibility index (Phi) is 8.80. The zero-order chi connectivity index (χ0) is 12.4. The normalized spacial score (nSPS) is 24.1. The Morgan fingerprint density at radius 2 is 1.69 bits per heavy atom. The first-order valence-corrected chi connectivity index (χ1v) is 5.38. The van der Waals surface area contributed by atoms with Crippen LogP contribution in [0.4, 0.5) is 0 Å². The third kappa shape index (κ3) is 11.2. The molecule has 2 aliphatic heterocycles. The minimum Gasteiger partial charge on any atom is -0.478 e. The van der Waals surface area contributed by atoms with Gasteiger partial charge in [0, 0.05) is 6.08 Å². The van der Waals surface area contributed by atoms with Crippen LogP contribution >= 0.6 is 0 Å². The second-order valence-electron chi connectivity index (χ2n) is 2.99. The summed E-state index contributed by atoms with van der Waals surface area (Å²) in [4.78, 5) is 9.25. The summed E-state index contributed by atoms with van der Waals surface area (Å²) >= 11 is 0. The minimum atomic E-state index is -0.981. The molecule has 2 aliphatic rings. The number of carbonyl (C=O) groups is 1. The quantitative estimate of drug-likeness (QED) is 0.567. The predicted molar refractivity (Wildman–Crippen MR) is 59.5 cm³/mol. The van der Waals surface area contributed by atoms with E-state index in [9.17, 15) is 4.79 Å².